The summed E-state index contributed by atoms with van der Waals surface area (Å²) in [6.07, 6.45) is 1.71. The zero-order valence-corrected chi connectivity index (χ0v) is 25.0. The van der Waals surface area contributed by atoms with Crippen LogP contribution in [0.4, 0.5) is 0 Å². The molecule has 2 aliphatic rings. The Balaban J connectivity index is 1.55. The van der Waals surface area contributed by atoms with Crippen molar-refractivity contribution in [3.8, 4) is 17.2 Å². The predicted octanol–water partition coefficient (Wildman–Crippen LogP) is 3.89. The third-order valence-electron chi connectivity index (χ3n) is 6.69. The number of thiazole rings is 1. The molecule has 1 atom stereocenters. The highest BCUT2D eigenvalue weighted by Crippen LogP contribution is 2.40. The third kappa shape index (κ3) is 5.58. The summed E-state index contributed by atoms with van der Waals surface area (Å²) < 4.78 is 24.3. The van der Waals surface area contributed by atoms with Crippen LogP contribution in [0.2, 0.25) is 0 Å². The molecule has 6 rings (SSSR count). The monoisotopic (exact) mass is 662 g/mol. The van der Waals surface area contributed by atoms with Crippen LogP contribution in [-0.4, -0.2) is 41.6 Å². The van der Waals surface area contributed by atoms with Crippen LogP contribution < -0.4 is 29.1 Å². The normalized spacial score (nSPS) is 15.6. The summed E-state index contributed by atoms with van der Waals surface area (Å²) >= 11 is 4.60. The van der Waals surface area contributed by atoms with Gasteiger partial charge in [-0.25, -0.2) is 14.6 Å². The van der Waals surface area contributed by atoms with Gasteiger partial charge in [-0.3, -0.25) is 9.36 Å². The minimum atomic E-state index is -1.09. The first-order chi connectivity index (χ1) is 20.8. The van der Waals surface area contributed by atoms with E-state index in [1.165, 1.54) is 15.9 Å². The van der Waals surface area contributed by atoms with Crippen molar-refractivity contribution in [3.63, 3.8) is 0 Å². The lowest BCUT2D eigenvalue weighted by molar-refractivity contribution is -0.140. The summed E-state index contributed by atoms with van der Waals surface area (Å²) in [5, 5.41) is 8.91. The Bertz CT molecular complexity index is 1970. The largest absolute Gasteiger partial charge is 0.481 e. The van der Waals surface area contributed by atoms with Crippen LogP contribution in [0.15, 0.2) is 86.6 Å². The number of carboxylic acid groups (broad SMARTS) is 1. The van der Waals surface area contributed by atoms with Crippen molar-refractivity contribution in [2.75, 3.05) is 20.0 Å². The standard InChI is InChI=1S/C31H23BrN2O8S/c1-2-39-30(38)26-27(18-6-4-3-5-7-18)33-31-34(28(26)19-9-11-22-23(14-19)42-16-41-22)29(37)24(43-31)13-17-8-10-21(20(32)12-17)40-15-25(35)36/h3-14,28H,2,15-16H2,1H3,(H,35,36)/b24-13+/t28-/m0/s1. The summed E-state index contributed by atoms with van der Waals surface area (Å²) in [7, 11) is 0. The number of ether oxygens (including phenoxy) is 4. The fourth-order valence-corrected chi connectivity index (χ4v) is 6.37. The van der Waals surface area contributed by atoms with Gasteiger partial charge in [0.15, 0.2) is 22.9 Å². The lowest BCUT2D eigenvalue weighted by Crippen LogP contribution is -2.40. The van der Waals surface area contributed by atoms with Crippen molar-refractivity contribution in [2.24, 2.45) is 4.99 Å². The van der Waals surface area contributed by atoms with E-state index in [1.54, 1.807) is 49.4 Å². The van der Waals surface area contributed by atoms with Crippen molar-refractivity contribution < 1.29 is 33.6 Å². The van der Waals surface area contributed by atoms with Gasteiger partial charge in [0, 0.05) is 5.56 Å². The minimum absolute atomic E-state index is 0.0765. The molecule has 12 heteroatoms. The molecule has 43 heavy (non-hydrogen) atoms. The molecule has 0 bridgehead atoms. The van der Waals surface area contributed by atoms with Crippen molar-refractivity contribution in [3.05, 3.63) is 113 Å². The Hall–Kier alpha value is -4.68. The fraction of sp³-hybridized carbons (Fsp3) is 0.161. The van der Waals surface area contributed by atoms with Gasteiger partial charge in [0.1, 0.15) is 5.75 Å². The van der Waals surface area contributed by atoms with Crippen molar-refractivity contribution in [1.29, 1.82) is 0 Å². The zero-order chi connectivity index (χ0) is 30.1. The van der Waals surface area contributed by atoms with E-state index in [9.17, 15) is 14.4 Å². The highest BCUT2D eigenvalue weighted by molar-refractivity contribution is 9.10. The van der Waals surface area contributed by atoms with E-state index in [4.69, 9.17) is 29.0 Å². The first-order valence-electron chi connectivity index (χ1n) is 13.2. The molecular formula is C31H23BrN2O8S. The maximum Gasteiger partial charge on any atom is 0.341 e. The third-order valence-corrected chi connectivity index (χ3v) is 8.29. The van der Waals surface area contributed by atoms with Gasteiger partial charge in [-0.15, -0.1) is 0 Å². The van der Waals surface area contributed by atoms with Crippen LogP contribution in [-0.2, 0) is 14.3 Å². The van der Waals surface area contributed by atoms with Crippen molar-refractivity contribution in [1.82, 2.24) is 4.57 Å². The SMILES string of the molecule is CCOC(=O)C1=C(c2ccccc2)N=c2s/c(=C/c3ccc(OCC(=O)O)c(Br)c3)c(=O)n2[C@H]1c1ccc2c(c1)OCO2. The molecule has 10 nitrogen and oxygen atoms in total. The molecule has 0 aliphatic carbocycles. The number of aliphatic carboxylic acids is 1. The summed E-state index contributed by atoms with van der Waals surface area (Å²) in [4.78, 5) is 43.8. The molecule has 0 fully saturated rings. The molecule has 0 amide bonds. The number of carboxylic acids is 1. The van der Waals surface area contributed by atoms with Crippen LogP contribution in [0.3, 0.4) is 0 Å². The topological polar surface area (TPSA) is 126 Å². The molecule has 2 aliphatic heterocycles. The fourth-order valence-electron chi connectivity index (χ4n) is 4.85. The molecule has 4 aromatic rings. The number of fused-ring (bicyclic) bond motifs is 2. The number of carbonyl (C=O) groups excluding carboxylic acids is 1. The molecule has 3 heterocycles. The molecule has 0 spiro atoms. The summed E-state index contributed by atoms with van der Waals surface area (Å²) in [5.74, 6) is -0.233. The molecule has 0 saturated carbocycles. The number of rotatable bonds is 8. The van der Waals surface area contributed by atoms with Gasteiger partial charge >= 0.3 is 11.9 Å². The average molecular weight is 664 g/mol. The van der Waals surface area contributed by atoms with Gasteiger partial charge in [-0.05, 0) is 64.3 Å². The van der Waals surface area contributed by atoms with Crippen LogP contribution in [0, 0.1) is 0 Å². The Morgan fingerprint density at radius 2 is 1.91 bits per heavy atom. The van der Waals surface area contributed by atoms with E-state index in [0.717, 1.165) is 0 Å². The number of nitrogens with zero attached hydrogens (tertiary/aromatic N) is 2. The number of carbonyl (C=O) groups is 2. The van der Waals surface area contributed by atoms with E-state index >= 15 is 0 Å². The number of hydrogen-bond donors (Lipinski definition) is 1. The molecule has 1 N–H and O–H groups in total. The van der Waals surface area contributed by atoms with Gasteiger partial charge in [0.2, 0.25) is 6.79 Å². The van der Waals surface area contributed by atoms with Gasteiger partial charge in [0.05, 0.1) is 32.9 Å². The minimum Gasteiger partial charge on any atom is -0.481 e. The van der Waals surface area contributed by atoms with Crippen molar-refractivity contribution in [2.45, 2.75) is 13.0 Å². The average Bonchev–Trinajstić information content (AvgIpc) is 3.59. The Labute approximate surface area is 256 Å². The highest BCUT2D eigenvalue weighted by atomic mass is 79.9. The van der Waals surface area contributed by atoms with E-state index in [2.05, 4.69) is 15.9 Å². The second kappa shape index (κ2) is 11.9. The second-order valence-electron chi connectivity index (χ2n) is 9.42. The van der Waals surface area contributed by atoms with Crippen LogP contribution in [0.1, 0.15) is 29.7 Å². The van der Waals surface area contributed by atoms with Crippen molar-refractivity contribution >= 4 is 51.0 Å². The van der Waals surface area contributed by atoms with Crippen LogP contribution in [0.5, 0.6) is 17.2 Å². The molecule has 1 aromatic heterocycles. The maximum atomic E-state index is 14.1. The van der Waals surface area contributed by atoms with Gasteiger partial charge < -0.3 is 24.1 Å². The smallest absolute Gasteiger partial charge is 0.341 e. The highest BCUT2D eigenvalue weighted by Gasteiger charge is 2.36. The molecule has 0 saturated heterocycles. The Morgan fingerprint density at radius 3 is 2.65 bits per heavy atom. The molecule has 0 unspecified atom stereocenters. The van der Waals surface area contributed by atoms with Gasteiger partial charge in [-0.2, -0.15) is 0 Å². The summed E-state index contributed by atoms with van der Waals surface area (Å²) in [6, 6.07) is 18.8. The number of esters is 1. The molecule has 218 valence electrons. The predicted molar refractivity (Wildman–Crippen MR) is 161 cm³/mol. The second-order valence-corrected chi connectivity index (χ2v) is 11.3. The maximum absolute atomic E-state index is 14.1. The van der Waals surface area contributed by atoms with Gasteiger partial charge in [-0.1, -0.05) is 53.8 Å². The van der Waals surface area contributed by atoms with E-state index in [0.29, 0.717) is 53.4 Å². The molecule has 3 aromatic carbocycles. The lowest BCUT2D eigenvalue weighted by atomic mass is 9.93. The Morgan fingerprint density at radius 1 is 1.12 bits per heavy atom. The number of hydrogen-bond acceptors (Lipinski definition) is 9. The first-order valence-corrected chi connectivity index (χ1v) is 14.8. The van der Waals surface area contributed by atoms with Gasteiger partial charge in [0.25, 0.3) is 5.56 Å². The number of benzene rings is 3. The van der Waals surface area contributed by atoms with Crippen LogP contribution in [0.25, 0.3) is 11.8 Å². The first kappa shape index (κ1) is 28.4. The lowest BCUT2D eigenvalue weighted by Gasteiger charge is -2.26. The quantitative estimate of drug-likeness (QED) is 0.282. The number of halogens is 1. The summed E-state index contributed by atoms with van der Waals surface area (Å²) in [5.41, 5.74) is 2.31. The molecular weight excluding hydrogens is 640 g/mol. The Kier molecular flexibility index (Phi) is 7.87. The zero-order valence-electron chi connectivity index (χ0n) is 22.6. The van der Waals surface area contributed by atoms with E-state index < -0.39 is 24.6 Å². The van der Waals surface area contributed by atoms with Crippen LogP contribution >= 0.6 is 27.3 Å². The number of aromatic nitrogens is 1. The van der Waals surface area contributed by atoms with E-state index in [1.807, 2.05) is 30.3 Å². The summed E-state index contributed by atoms with van der Waals surface area (Å²) in [6.45, 7) is 1.46. The van der Waals surface area contributed by atoms with E-state index in [-0.39, 0.29) is 24.5 Å². The molecule has 0 radical (unpaired) electrons.